The van der Waals surface area contributed by atoms with E-state index in [0.717, 1.165) is 0 Å². The van der Waals surface area contributed by atoms with E-state index >= 15 is 0 Å². The highest BCUT2D eigenvalue weighted by Crippen LogP contribution is 1.99. The van der Waals surface area contributed by atoms with Crippen LogP contribution in [0.4, 0.5) is 4.79 Å². The number of hydrazine groups is 1. The first-order valence-electron chi connectivity index (χ1n) is 3.75. The minimum absolute atomic E-state index is 0.187. The van der Waals surface area contributed by atoms with Gasteiger partial charge in [-0.2, -0.15) is 0 Å². The SMILES string of the molecule is NC(=O)NNC(=O)C1COCCO1. The Balaban J connectivity index is 2.25. The van der Waals surface area contributed by atoms with Gasteiger partial charge >= 0.3 is 6.03 Å². The number of carbonyl (C=O) groups excluding carboxylic acids is 2. The van der Waals surface area contributed by atoms with Gasteiger partial charge in [-0.1, -0.05) is 0 Å². The molecule has 7 nitrogen and oxygen atoms in total. The smallest absolute Gasteiger partial charge is 0.330 e. The van der Waals surface area contributed by atoms with Crippen LogP contribution in [0.15, 0.2) is 0 Å². The molecule has 0 aliphatic carbocycles. The molecule has 1 heterocycles. The minimum Gasteiger partial charge on any atom is -0.376 e. The van der Waals surface area contributed by atoms with Gasteiger partial charge in [-0.3, -0.25) is 10.2 Å². The molecular weight excluding hydrogens is 178 g/mol. The van der Waals surface area contributed by atoms with E-state index in [2.05, 4.69) is 5.43 Å². The van der Waals surface area contributed by atoms with E-state index in [-0.39, 0.29) is 6.61 Å². The summed E-state index contributed by atoms with van der Waals surface area (Å²) in [7, 11) is 0. The monoisotopic (exact) mass is 189 g/mol. The normalized spacial score (nSPS) is 22.0. The molecular formula is C6H11N3O4. The molecule has 1 atom stereocenters. The van der Waals surface area contributed by atoms with Crippen molar-refractivity contribution in [3.8, 4) is 0 Å². The largest absolute Gasteiger partial charge is 0.376 e. The number of nitrogens with one attached hydrogen (secondary N) is 2. The summed E-state index contributed by atoms with van der Waals surface area (Å²) in [4.78, 5) is 21.3. The third-order valence-corrected chi connectivity index (χ3v) is 1.42. The van der Waals surface area contributed by atoms with Gasteiger partial charge in [0.05, 0.1) is 19.8 Å². The number of rotatable bonds is 1. The van der Waals surface area contributed by atoms with Gasteiger partial charge in [-0.25, -0.2) is 10.2 Å². The van der Waals surface area contributed by atoms with E-state index in [1.54, 1.807) is 0 Å². The number of amides is 3. The lowest BCUT2D eigenvalue weighted by atomic mass is 10.3. The van der Waals surface area contributed by atoms with Gasteiger partial charge in [-0.15, -0.1) is 0 Å². The van der Waals surface area contributed by atoms with Gasteiger partial charge in [0.25, 0.3) is 5.91 Å². The molecule has 0 aromatic heterocycles. The molecule has 3 amide bonds. The summed E-state index contributed by atoms with van der Waals surface area (Å²) >= 11 is 0. The molecule has 0 saturated carbocycles. The Bertz CT molecular complexity index is 202. The molecule has 13 heavy (non-hydrogen) atoms. The van der Waals surface area contributed by atoms with Crippen molar-refractivity contribution in [1.82, 2.24) is 10.9 Å². The highest BCUT2D eigenvalue weighted by molar-refractivity contribution is 5.83. The number of hydrogen-bond donors (Lipinski definition) is 3. The van der Waals surface area contributed by atoms with Crippen LogP contribution in [0.25, 0.3) is 0 Å². The second-order valence-corrected chi connectivity index (χ2v) is 2.41. The van der Waals surface area contributed by atoms with Crippen molar-refractivity contribution < 1.29 is 19.1 Å². The molecule has 1 aliphatic rings. The maximum Gasteiger partial charge on any atom is 0.330 e. The Morgan fingerprint density at radius 1 is 1.31 bits per heavy atom. The van der Waals surface area contributed by atoms with E-state index in [0.29, 0.717) is 13.2 Å². The average Bonchev–Trinajstić information content (AvgIpc) is 2.15. The fourth-order valence-electron chi connectivity index (χ4n) is 0.843. The third kappa shape index (κ3) is 3.26. The van der Waals surface area contributed by atoms with Crippen molar-refractivity contribution in [2.75, 3.05) is 19.8 Å². The van der Waals surface area contributed by atoms with E-state index in [4.69, 9.17) is 15.2 Å². The van der Waals surface area contributed by atoms with Crippen molar-refractivity contribution in [3.05, 3.63) is 0 Å². The van der Waals surface area contributed by atoms with Gasteiger partial charge in [0.2, 0.25) is 0 Å². The van der Waals surface area contributed by atoms with Gasteiger partial charge in [0.1, 0.15) is 0 Å². The van der Waals surface area contributed by atoms with Crippen LogP contribution in [-0.4, -0.2) is 37.9 Å². The lowest BCUT2D eigenvalue weighted by Crippen LogP contribution is -2.51. The van der Waals surface area contributed by atoms with E-state index in [9.17, 15) is 9.59 Å². The Morgan fingerprint density at radius 2 is 2.08 bits per heavy atom. The maximum absolute atomic E-state index is 11.1. The van der Waals surface area contributed by atoms with Crippen LogP contribution >= 0.6 is 0 Å². The summed E-state index contributed by atoms with van der Waals surface area (Å²) in [5.74, 6) is -0.474. The Kier molecular flexibility index (Phi) is 3.47. The Labute approximate surface area is 74.5 Å². The highest BCUT2D eigenvalue weighted by Gasteiger charge is 2.22. The maximum atomic E-state index is 11.1. The number of carbonyl (C=O) groups is 2. The molecule has 0 bridgehead atoms. The van der Waals surface area contributed by atoms with Crippen LogP contribution < -0.4 is 16.6 Å². The molecule has 0 aromatic carbocycles. The number of primary amides is 1. The van der Waals surface area contributed by atoms with Crippen molar-refractivity contribution in [3.63, 3.8) is 0 Å². The molecule has 1 rings (SSSR count). The topological polar surface area (TPSA) is 103 Å². The summed E-state index contributed by atoms with van der Waals surface area (Å²) in [6, 6.07) is -0.829. The lowest BCUT2D eigenvalue weighted by Gasteiger charge is -2.21. The molecule has 0 spiro atoms. The average molecular weight is 189 g/mol. The van der Waals surface area contributed by atoms with Gasteiger partial charge in [-0.05, 0) is 0 Å². The second-order valence-electron chi connectivity index (χ2n) is 2.41. The number of ether oxygens (including phenoxy) is 2. The number of hydrogen-bond acceptors (Lipinski definition) is 4. The van der Waals surface area contributed by atoms with E-state index in [1.165, 1.54) is 0 Å². The highest BCUT2D eigenvalue weighted by atomic mass is 16.6. The Hall–Kier alpha value is -1.34. The standard InChI is InChI=1S/C6H11N3O4/c7-6(11)9-8-5(10)4-3-12-1-2-13-4/h4H,1-3H2,(H,8,10)(H3,7,9,11). The number of nitrogens with two attached hydrogens (primary N) is 1. The predicted molar refractivity (Wildman–Crippen MR) is 41.4 cm³/mol. The van der Waals surface area contributed by atoms with Crippen LogP contribution in [0.3, 0.4) is 0 Å². The van der Waals surface area contributed by atoms with Crippen molar-refractivity contribution in [2.45, 2.75) is 6.10 Å². The summed E-state index contributed by atoms with van der Waals surface area (Å²) < 4.78 is 10.0. The first-order valence-corrected chi connectivity index (χ1v) is 3.75. The van der Waals surface area contributed by atoms with Crippen LogP contribution in [0, 0.1) is 0 Å². The zero-order chi connectivity index (χ0) is 9.68. The van der Waals surface area contributed by atoms with E-state index < -0.39 is 18.0 Å². The van der Waals surface area contributed by atoms with Crippen LogP contribution in [0.2, 0.25) is 0 Å². The van der Waals surface area contributed by atoms with E-state index in [1.807, 2.05) is 5.43 Å². The molecule has 7 heteroatoms. The van der Waals surface area contributed by atoms with Crippen LogP contribution in [-0.2, 0) is 14.3 Å². The van der Waals surface area contributed by atoms with Crippen molar-refractivity contribution in [2.24, 2.45) is 5.73 Å². The number of urea groups is 1. The molecule has 1 saturated heterocycles. The molecule has 1 aliphatic heterocycles. The molecule has 74 valence electrons. The fourth-order valence-corrected chi connectivity index (χ4v) is 0.843. The zero-order valence-electron chi connectivity index (χ0n) is 6.91. The molecule has 0 radical (unpaired) electrons. The molecule has 1 fully saturated rings. The minimum atomic E-state index is -0.829. The lowest BCUT2D eigenvalue weighted by molar-refractivity contribution is -0.148. The third-order valence-electron chi connectivity index (χ3n) is 1.42. The molecule has 0 aromatic rings. The summed E-state index contributed by atoms with van der Waals surface area (Å²) in [5.41, 5.74) is 8.76. The fraction of sp³-hybridized carbons (Fsp3) is 0.667. The van der Waals surface area contributed by atoms with Gasteiger partial charge < -0.3 is 15.2 Å². The molecule has 1 unspecified atom stereocenters. The summed E-state index contributed by atoms with van der Waals surface area (Å²) in [6.45, 7) is 1.04. The Morgan fingerprint density at radius 3 is 2.62 bits per heavy atom. The summed E-state index contributed by atoms with van der Waals surface area (Å²) in [6.07, 6.45) is -0.680. The second kappa shape index (κ2) is 4.63. The van der Waals surface area contributed by atoms with Gasteiger partial charge in [0.15, 0.2) is 6.10 Å². The predicted octanol–water partition coefficient (Wildman–Crippen LogP) is -1.90. The van der Waals surface area contributed by atoms with Crippen LogP contribution in [0.1, 0.15) is 0 Å². The van der Waals surface area contributed by atoms with Crippen LogP contribution in [0.5, 0.6) is 0 Å². The van der Waals surface area contributed by atoms with Gasteiger partial charge in [0, 0.05) is 0 Å². The zero-order valence-corrected chi connectivity index (χ0v) is 6.91. The quantitative estimate of drug-likeness (QED) is 0.419. The van der Waals surface area contributed by atoms with Crippen molar-refractivity contribution in [1.29, 1.82) is 0 Å². The summed E-state index contributed by atoms with van der Waals surface area (Å²) in [5, 5.41) is 0. The molecule has 4 N–H and O–H groups in total. The van der Waals surface area contributed by atoms with Crippen molar-refractivity contribution >= 4 is 11.9 Å². The first-order chi connectivity index (χ1) is 6.20. The first kappa shape index (κ1) is 9.75.